The summed E-state index contributed by atoms with van der Waals surface area (Å²) in [4.78, 5) is 0. The van der Waals surface area contributed by atoms with E-state index in [9.17, 15) is 0 Å². The SMILES string of the molecule is CCC1(CC)CC(NC)c2cc(Cl)ccc2O1. The molecule has 1 N–H and O–H groups in total. The number of hydrogen-bond donors (Lipinski definition) is 1. The predicted molar refractivity (Wildman–Crippen MR) is 71.8 cm³/mol. The van der Waals surface area contributed by atoms with Crippen molar-refractivity contribution in [2.45, 2.75) is 44.8 Å². The maximum atomic E-state index is 6.21. The van der Waals surface area contributed by atoms with E-state index < -0.39 is 0 Å². The van der Waals surface area contributed by atoms with Crippen molar-refractivity contribution in [1.29, 1.82) is 0 Å². The van der Waals surface area contributed by atoms with Crippen molar-refractivity contribution in [3.63, 3.8) is 0 Å². The van der Waals surface area contributed by atoms with Crippen LogP contribution in [0.5, 0.6) is 5.75 Å². The molecule has 0 spiro atoms. The summed E-state index contributed by atoms with van der Waals surface area (Å²) in [5.41, 5.74) is 1.15. The molecule has 0 aliphatic carbocycles. The second-order valence-electron chi connectivity index (χ2n) is 4.72. The van der Waals surface area contributed by atoms with Gasteiger partial charge in [-0.1, -0.05) is 25.4 Å². The molecule has 0 saturated heterocycles. The summed E-state index contributed by atoms with van der Waals surface area (Å²) in [5, 5.41) is 4.14. The van der Waals surface area contributed by atoms with E-state index >= 15 is 0 Å². The summed E-state index contributed by atoms with van der Waals surface area (Å²) in [6, 6.07) is 6.22. The molecule has 0 saturated carbocycles. The van der Waals surface area contributed by atoms with Gasteiger partial charge in [0.05, 0.1) is 0 Å². The van der Waals surface area contributed by atoms with Crippen LogP contribution in [-0.2, 0) is 0 Å². The third-order valence-electron chi connectivity index (χ3n) is 3.89. The molecular formula is C14H20ClNO. The standard InChI is InChI=1S/C14H20ClNO/c1-4-14(5-2)9-12(16-3)11-8-10(15)6-7-13(11)17-14/h6-8,12,16H,4-5,9H2,1-3H3. The van der Waals surface area contributed by atoms with E-state index in [0.29, 0.717) is 6.04 Å². The maximum Gasteiger partial charge on any atom is 0.125 e. The van der Waals surface area contributed by atoms with E-state index in [2.05, 4.69) is 19.2 Å². The van der Waals surface area contributed by atoms with Crippen molar-refractivity contribution in [3.8, 4) is 5.75 Å². The lowest BCUT2D eigenvalue weighted by molar-refractivity contribution is 0.0239. The first-order valence-electron chi connectivity index (χ1n) is 6.30. The van der Waals surface area contributed by atoms with Gasteiger partial charge in [-0.15, -0.1) is 0 Å². The monoisotopic (exact) mass is 253 g/mol. The van der Waals surface area contributed by atoms with Crippen LogP contribution < -0.4 is 10.1 Å². The fourth-order valence-electron chi connectivity index (χ4n) is 2.58. The molecular weight excluding hydrogens is 234 g/mol. The topological polar surface area (TPSA) is 21.3 Å². The highest BCUT2D eigenvalue weighted by Crippen LogP contribution is 2.43. The number of fused-ring (bicyclic) bond motifs is 1. The van der Waals surface area contributed by atoms with Gasteiger partial charge >= 0.3 is 0 Å². The van der Waals surface area contributed by atoms with Crippen molar-refractivity contribution >= 4 is 11.6 Å². The van der Waals surface area contributed by atoms with Crippen LogP contribution in [-0.4, -0.2) is 12.6 Å². The van der Waals surface area contributed by atoms with E-state index in [1.54, 1.807) is 0 Å². The minimum Gasteiger partial charge on any atom is -0.487 e. The second kappa shape index (κ2) is 4.87. The first-order chi connectivity index (χ1) is 8.14. The molecule has 2 rings (SSSR count). The van der Waals surface area contributed by atoms with Gasteiger partial charge < -0.3 is 10.1 Å². The molecule has 1 unspecified atom stereocenters. The lowest BCUT2D eigenvalue weighted by Crippen LogP contribution is -2.42. The van der Waals surface area contributed by atoms with Crippen LogP contribution in [0.15, 0.2) is 18.2 Å². The average molecular weight is 254 g/mol. The van der Waals surface area contributed by atoms with Gasteiger partial charge in [0, 0.05) is 23.0 Å². The highest BCUT2D eigenvalue weighted by molar-refractivity contribution is 6.30. The largest absolute Gasteiger partial charge is 0.487 e. The van der Waals surface area contributed by atoms with Crippen LogP contribution in [0.3, 0.4) is 0 Å². The summed E-state index contributed by atoms with van der Waals surface area (Å²) >= 11 is 6.05. The van der Waals surface area contributed by atoms with E-state index in [0.717, 1.165) is 30.0 Å². The van der Waals surface area contributed by atoms with E-state index in [1.165, 1.54) is 5.56 Å². The van der Waals surface area contributed by atoms with E-state index in [1.807, 2.05) is 25.2 Å². The van der Waals surface area contributed by atoms with Crippen LogP contribution in [0.4, 0.5) is 0 Å². The number of hydrogen-bond acceptors (Lipinski definition) is 2. The van der Waals surface area contributed by atoms with Crippen molar-refractivity contribution in [1.82, 2.24) is 5.32 Å². The summed E-state index contributed by atoms with van der Waals surface area (Å²) < 4.78 is 6.21. The van der Waals surface area contributed by atoms with Gasteiger partial charge in [-0.2, -0.15) is 0 Å². The smallest absolute Gasteiger partial charge is 0.125 e. The van der Waals surface area contributed by atoms with Crippen LogP contribution in [0.25, 0.3) is 0 Å². The first-order valence-corrected chi connectivity index (χ1v) is 6.67. The molecule has 2 nitrogen and oxygen atoms in total. The van der Waals surface area contributed by atoms with Crippen LogP contribution in [0.2, 0.25) is 5.02 Å². The van der Waals surface area contributed by atoms with Gasteiger partial charge in [0.25, 0.3) is 0 Å². The third kappa shape index (κ3) is 2.29. The molecule has 94 valence electrons. The fourth-order valence-corrected chi connectivity index (χ4v) is 2.76. The molecule has 0 amide bonds. The van der Waals surface area contributed by atoms with Crippen LogP contribution in [0.1, 0.15) is 44.7 Å². The van der Waals surface area contributed by atoms with Crippen molar-refractivity contribution in [3.05, 3.63) is 28.8 Å². The van der Waals surface area contributed by atoms with Gasteiger partial charge in [-0.25, -0.2) is 0 Å². The van der Waals surface area contributed by atoms with Gasteiger partial charge in [0.1, 0.15) is 11.4 Å². The summed E-state index contributed by atoms with van der Waals surface area (Å²) in [5.74, 6) is 0.976. The van der Waals surface area contributed by atoms with E-state index in [4.69, 9.17) is 16.3 Å². The van der Waals surface area contributed by atoms with Crippen molar-refractivity contribution in [2.75, 3.05) is 7.05 Å². The zero-order chi connectivity index (χ0) is 12.5. The fraction of sp³-hybridized carbons (Fsp3) is 0.571. The molecule has 1 aromatic rings. The Morgan fingerprint density at radius 2 is 2.12 bits per heavy atom. The summed E-state index contributed by atoms with van der Waals surface area (Å²) in [6.07, 6.45) is 3.07. The molecule has 17 heavy (non-hydrogen) atoms. The van der Waals surface area contributed by atoms with Gasteiger partial charge in [0.2, 0.25) is 0 Å². The molecule has 3 heteroatoms. The number of ether oxygens (including phenoxy) is 1. The lowest BCUT2D eigenvalue weighted by atomic mass is 9.83. The second-order valence-corrected chi connectivity index (χ2v) is 5.16. The number of rotatable bonds is 3. The molecule has 1 aliphatic heterocycles. The van der Waals surface area contributed by atoms with Crippen LogP contribution in [0, 0.1) is 0 Å². The van der Waals surface area contributed by atoms with Crippen LogP contribution >= 0.6 is 11.6 Å². The molecule has 0 aromatic heterocycles. The van der Waals surface area contributed by atoms with Crippen molar-refractivity contribution < 1.29 is 4.74 Å². The predicted octanol–water partition coefficient (Wildman–Crippen LogP) is 3.94. The van der Waals surface area contributed by atoms with Gasteiger partial charge in [-0.3, -0.25) is 0 Å². The summed E-state index contributed by atoms with van der Waals surface area (Å²) in [6.45, 7) is 4.38. The Morgan fingerprint density at radius 1 is 1.41 bits per heavy atom. The molecule has 1 aromatic carbocycles. The Hall–Kier alpha value is -0.730. The Balaban J connectivity index is 2.42. The minimum absolute atomic E-state index is 0.0332. The Bertz CT molecular complexity index is 401. The first kappa shape index (κ1) is 12.7. The molecule has 0 bridgehead atoms. The Kier molecular flexibility index (Phi) is 3.64. The minimum atomic E-state index is -0.0332. The zero-order valence-corrected chi connectivity index (χ0v) is 11.5. The highest BCUT2D eigenvalue weighted by atomic mass is 35.5. The molecule has 1 atom stereocenters. The normalized spacial score (nSPS) is 21.8. The Morgan fingerprint density at radius 3 is 2.71 bits per heavy atom. The van der Waals surface area contributed by atoms with Gasteiger partial charge in [0.15, 0.2) is 0 Å². The van der Waals surface area contributed by atoms with Gasteiger partial charge in [-0.05, 0) is 38.1 Å². The van der Waals surface area contributed by atoms with E-state index in [-0.39, 0.29) is 5.60 Å². The Labute approximate surface area is 108 Å². The lowest BCUT2D eigenvalue weighted by Gasteiger charge is -2.41. The maximum absolute atomic E-state index is 6.21. The average Bonchev–Trinajstić information content (AvgIpc) is 2.37. The number of nitrogens with one attached hydrogen (secondary N) is 1. The quantitative estimate of drug-likeness (QED) is 0.881. The number of benzene rings is 1. The summed E-state index contributed by atoms with van der Waals surface area (Å²) in [7, 11) is 2.00. The third-order valence-corrected chi connectivity index (χ3v) is 4.12. The number of halogens is 1. The van der Waals surface area contributed by atoms with Crippen molar-refractivity contribution in [2.24, 2.45) is 0 Å². The molecule has 1 aliphatic rings. The zero-order valence-electron chi connectivity index (χ0n) is 10.7. The molecule has 0 fully saturated rings. The highest BCUT2D eigenvalue weighted by Gasteiger charge is 2.37. The molecule has 1 heterocycles. The molecule has 0 radical (unpaired) electrons.